The van der Waals surface area contributed by atoms with Gasteiger partial charge >= 0.3 is 5.97 Å². The number of carboxylic acids is 1. The molecule has 9 heteroatoms. The second kappa shape index (κ2) is 7.39. The number of carbonyl (C=O) groups is 2. The number of benzene rings is 1. The number of hydrogen-bond acceptors (Lipinski definition) is 6. The summed E-state index contributed by atoms with van der Waals surface area (Å²) >= 11 is 0. The van der Waals surface area contributed by atoms with Crippen LogP contribution in [0.5, 0.6) is 0 Å². The van der Waals surface area contributed by atoms with Crippen LogP contribution in [0.1, 0.15) is 6.92 Å². The Kier molecular flexibility index (Phi) is 5.59. The minimum atomic E-state index is -1.16. The van der Waals surface area contributed by atoms with Crippen LogP contribution in [-0.2, 0) is 9.59 Å². The molecule has 0 aromatic heterocycles. The number of para-hydroxylation sites is 2. The van der Waals surface area contributed by atoms with E-state index in [4.69, 9.17) is 10.4 Å². The molecule has 0 radical (unpaired) electrons. The molecule has 1 atom stereocenters. The lowest BCUT2D eigenvalue weighted by Gasteiger charge is -2.07. The molecule has 9 nitrogen and oxygen atoms in total. The summed E-state index contributed by atoms with van der Waals surface area (Å²) in [6.45, 7) is 1.33. The molecule has 0 aliphatic heterocycles. The topological polar surface area (TPSA) is 145 Å². The molecule has 0 spiro atoms. The summed E-state index contributed by atoms with van der Waals surface area (Å²) in [5.74, 6) is -2.05. The fourth-order valence-electron chi connectivity index (χ4n) is 1.36. The first-order chi connectivity index (χ1) is 10.4. The van der Waals surface area contributed by atoms with E-state index in [2.05, 4.69) is 10.6 Å². The quantitative estimate of drug-likeness (QED) is 0.307. The maximum atomic E-state index is 11.9. The van der Waals surface area contributed by atoms with Crippen LogP contribution in [0.15, 0.2) is 36.0 Å². The number of amides is 1. The van der Waals surface area contributed by atoms with Crippen molar-refractivity contribution >= 4 is 23.3 Å². The number of anilines is 1. The van der Waals surface area contributed by atoms with E-state index in [9.17, 15) is 19.7 Å². The second-order valence-corrected chi connectivity index (χ2v) is 4.12. The number of nitrogens with zero attached hydrogens (tertiary/aromatic N) is 2. The van der Waals surface area contributed by atoms with Crippen molar-refractivity contribution in [3.05, 3.63) is 46.2 Å². The van der Waals surface area contributed by atoms with Gasteiger partial charge in [-0.05, 0) is 13.0 Å². The van der Waals surface area contributed by atoms with E-state index in [1.165, 1.54) is 31.2 Å². The van der Waals surface area contributed by atoms with Gasteiger partial charge in [-0.2, -0.15) is 5.26 Å². The summed E-state index contributed by atoms with van der Waals surface area (Å²) in [6, 6.07) is 6.04. The first-order valence-electron chi connectivity index (χ1n) is 6.00. The molecule has 0 fully saturated rings. The molecule has 0 saturated heterocycles. The van der Waals surface area contributed by atoms with E-state index in [0.717, 1.165) is 6.20 Å². The van der Waals surface area contributed by atoms with Crippen molar-refractivity contribution in [2.45, 2.75) is 13.0 Å². The van der Waals surface area contributed by atoms with E-state index >= 15 is 0 Å². The lowest BCUT2D eigenvalue weighted by Crippen LogP contribution is -2.30. The molecule has 22 heavy (non-hydrogen) atoms. The Hall–Kier alpha value is -3.41. The van der Waals surface area contributed by atoms with Crippen molar-refractivity contribution < 1.29 is 19.6 Å². The highest BCUT2D eigenvalue weighted by atomic mass is 16.6. The zero-order valence-corrected chi connectivity index (χ0v) is 11.4. The standard InChI is InChI=1S/C13H12N4O5/c1-8(13(19)20)15-7-9(6-14)12(18)16-10-4-2-3-5-11(10)17(21)22/h2-5,7-8,15H,1H3,(H,16,18)(H,19,20)/b9-7-. The number of hydrogen-bond donors (Lipinski definition) is 3. The van der Waals surface area contributed by atoms with E-state index < -0.39 is 28.4 Å². The Balaban J connectivity index is 2.91. The molecule has 1 unspecified atom stereocenters. The molecule has 1 aromatic rings. The van der Waals surface area contributed by atoms with Crippen molar-refractivity contribution in [3.8, 4) is 6.07 Å². The minimum Gasteiger partial charge on any atom is -0.480 e. The van der Waals surface area contributed by atoms with Crippen LogP contribution in [0, 0.1) is 21.4 Å². The summed E-state index contributed by atoms with van der Waals surface area (Å²) in [7, 11) is 0. The summed E-state index contributed by atoms with van der Waals surface area (Å²) in [5.41, 5.74) is -0.795. The average molecular weight is 304 g/mol. The van der Waals surface area contributed by atoms with Crippen LogP contribution in [0.2, 0.25) is 0 Å². The monoisotopic (exact) mass is 304 g/mol. The van der Waals surface area contributed by atoms with Crippen molar-refractivity contribution in [1.82, 2.24) is 5.32 Å². The maximum Gasteiger partial charge on any atom is 0.325 e. The van der Waals surface area contributed by atoms with Gasteiger partial charge in [-0.1, -0.05) is 12.1 Å². The van der Waals surface area contributed by atoms with Gasteiger partial charge < -0.3 is 15.7 Å². The number of carbonyl (C=O) groups excluding carboxylic acids is 1. The highest BCUT2D eigenvalue weighted by molar-refractivity contribution is 6.07. The van der Waals surface area contributed by atoms with Crippen molar-refractivity contribution in [2.24, 2.45) is 0 Å². The van der Waals surface area contributed by atoms with Gasteiger partial charge in [0.25, 0.3) is 11.6 Å². The van der Waals surface area contributed by atoms with Gasteiger partial charge in [-0.3, -0.25) is 19.7 Å². The third kappa shape index (κ3) is 4.31. The Labute approximate surface area is 125 Å². The molecule has 0 aliphatic carbocycles. The number of nitrogens with one attached hydrogen (secondary N) is 2. The molecule has 1 aromatic carbocycles. The number of aliphatic carboxylic acids is 1. The van der Waals surface area contributed by atoms with Gasteiger partial charge in [0, 0.05) is 12.3 Å². The number of nitriles is 1. The zero-order chi connectivity index (χ0) is 16.7. The lowest BCUT2D eigenvalue weighted by molar-refractivity contribution is -0.383. The summed E-state index contributed by atoms with van der Waals surface area (Å²) in [6.07, 6.45) is 0.947. The van der Waals surface area contributed by atoms with Crippen LogP contribution in [0.25, 0.3) is 0 Å². The van der Waals surface area contributed by atoms with Crippen LogP contribution in [0.4, 0.5) is 11.4 Å². The van der Waals surface area contributed by atoms with Gasteiger partial charge in [0.05, 0.1) is 4.92 Å². The molecule has 1 rings (SSSR count). The highest BCUT2D eigenvalue weighted by Gasteiger charge is 2.17. The van der Waals surface area contributed by atoms with E-state index in [1.54, 1.807) is 6.07 Å². The smallest absolute Gasteiger partial charge is 0.325 e. The molecule has 0 bridgehead atoms. The van der Waals surface area contributed by atoms with E-state index in [1.807, 2.05) is 0 Å². The van der Waals surface area contributed by atoms with Crippen LogP contribution < -0.4 is 10.6 Å². The molecule has 114 valence electrons. The third-order valence-corrected chi connectivity index (χ3v) is 2.56. The number of carboxylic acid groups (broad SMARTS) is 1. The van der Waals surface area contributed by atoms with Crippen LogP contribution in [-0.4, -0.2) is 27.9 Å². The number of rotatable bonds is 6. The first-order valence-corrected chi connectivity index (χ1v) is 6.00. The summed E-state index contributed by atoms with van der Waals surface area (Å²) in [4.78, 5) is 32.7. The maximum absolute atomic E-state index is 11.9. The van der Waals surface area contributed by atoms with E-state index in [-0.39, 0.29) is 11.4 Å². The molecule has 1 amide bonds. The fourth-order valence-corrected chi connectivity index (χ4v) is 1.36. The minimum absolute atomic E-state index is 0.0649. The predicted octanol–water partition coefficient (Wildman–Crippen LogP) is 1.00. The number of nitro benzene ring substituents is 1. The second-order valence-electron chi connectivity index (χ2n) is 4.12. The van der Waals surface area contributed by atoms with Gasteiger partial charge in [-0.15, -0.1) is 0 Å². The fraction of sp³-hybridized carbons (Fsp3) is 0.154. The Morgan fingerprint density at radius 1 is 1.45 bits per heavy atom. The molecule has 0 saturated carbocycles. The molecular formula is C13H12N4O5. The average Bonchev–Trinajstić information content (AvgIpc) is 2.47. The van der Waals surface area contributed by atoms with Gasteiger partial charge in [0.2, 0.25) is 0 Å². The SMILES string of the molecule is CC(N/C=C(/C#N)C(=O)Nc1ccccc1[N+](=O)[O-])C(=O)O. The first kappa shape index (κ1) is 16.6. The van der Waals surface area contributed by atoms with Gasteiger partial charge in [0.1, 0.15) is 23.4 Å². The van der Waals surface area contributed by atoms with Crippen molar-refractivity contribution in [3.63, 3.8) is 0 Å². The summed E-state index contributed by atoms with van der Waals surface area (Å²) < 4.78 is 0. The molecule has 0 heterocycles. The third-order valence-electron chi connectivity index (χ3n) is 2.56. The van der Waals surface area contributed by atoms with Crippen LogP contribution >= 0.6 is 0 Å². The van der Waals surface area contributed by atoms with Gasteiger partial charge in [-0.25, -0.2) is 0 Å². The molecule has 0 aliphatic rings. The Morgan fingerprint density at radius 2 is 2.09 bits per heavy atom. The Morgan fingerprint density at radius 3 is 2.64 bits per heavy atom. The predicted molar refractivity (Wildman–Crippen MR) is 75.7 cm³/mol. The van der Waals surface area contributed by atoms with Crippen LogP contribution in [0.3, 0.4) is 0 Å². The highest BCUT2D eigenvalue weighted by Crippen LogP contribution is 2.23. The molecule has 3 N–H and O–H groups in total. The zero-order valence-electron chi connectivity index (χ0n) is 11.4. The normalized spacial score (nSPS) is 11.9. The molecular weight excluding hydrogens is 292 g/mol. The van der Waals surface area contributed by atoms with Crippen molar-refractivity contribution in [1.29, 1.82) is 5.26 Å². The largest absolute Gasteiger partial charge is 0.480 e. The van der Waals surface area contributed by atoms with E-state index in [0.29, 0.717) is 0 Å². The van der Waals surface area contributed by atoms with Crippen molar-refractivity contribution in [2.75, 3.05) is 5.32 Å². The number of nitro groups is 1. The van der Waals surface area contributed by atoms with Gasteiger partial charge in [0.15, 0.2) is 0 Å². The summed E-state index contributed by atoms with van der Waals surface area (Å²) in [5, 5.41) is 33.0. The lowest BCUT2D eigenvalue weighted by atomic mass is 10.2. The Bertz CT molecular complexity index is 677.